The van der Waals surface area contributed by atoms with Crippen molar-refractivity contribution < 1.29 is 14.7 Å². The molecule has 0 fully saturated rings. The maximum Gasteiger partial charge on any atom is 0.255 e. The van der Waals surface area contributed by atoms with Crippen LogP contribution < -0.4 is 5.32 Å². The molecule has 3 rings (SSSR count). The highest BCUT2D eigenvalue weighted by Gasteiger charge is 2.36. The average Bonchev–Trinajstić information content (AvgIpc) is 2.91. The van der Waals surface area contributed by atoms with Gasteiger partial charge in [-0.15, -0.1) is 0 Å². The molecular formula is C20H22N2O3. The molecule has 0 radical (unpaired) electrons. The molecule has 1 unspecified atom stereocenters. The molecule has 0 aliphatic carbocycles. The summed E-state index contributed by atoms with van der Waals surface area (Å²) in [4.78, 5) is 27.2. The number of rotatable bonds is 5. The summed E-state index contributed by atoms with van der Waals surface area (Å²) in [5.74, 6) is -0.142. The van der Waals surface area contributed by atoms with Gasteiger partial charge in [-0.3, -0.25) is 9.59 Å². The Labute approximate surface area is 147 Å². The molecule has 25 heavy (non-hydrogen) atoms. The van der Waals surface area contributed by atoms with E-state index in [-0.39, 0.29) is 23.5 Å². The van der Waals surface area contributed by atoms with Crippen LogP contribution >= 0.6 is 0 Å². The van der Waals surface area contributed by atoms with Crippen molar-refractivity contribution in [3.8, 4) is 5.75 Å². The van der Waals surface area contributed by atoms with Crippen LogP contribution in [0, 0.1) is 5.92 Å². The van der Waals surface area contributed by atoms with Gasteiger partial charge in [0.05, 0.1) is 5.69 Å². The van der Waals surface area contributed by atoms with Gasteiger partial charge in [0.2, 0.25) is 5.91 Å². The van der Waals surface area contributed by atoms with Gasteiger partial charge in [0, 0.05) is 12.1 Å². The third-order valence-electron chi connectivity index (χ3n) is 4.38. The highest BCUT2D eigenvalue weighted by molar-refractivity contribution is 6.03. The van der Waals surface area contributed by atoms with E-state index in [9.17, 15) is 14.7 Å². The van der Waals surface area contributed by atoms with Crippen LogP contribution in [-0.2, 0) is 11.3 Å². The van der Waals surface area contributed by atoms with Crippen molar-refractivity contribution in [2.24, 2.45) is 5.92 Å². The fourth-order valence-corrected chi connectivity index (χ4v) is 3.15. The summed E-state index contributed by atoms with van der Waals surface area (Å²) in [6.45, 7) is 4.47. The molecule has 2 N–H and O–H groups in total. The maximum atomic E-state index is 12.9. The van der Waals surface area contributed by atoms with E-state index >= 15 is 0 Å². The van der Waals surface area contributed by atoms with Gasteiger partial charge >= 0.3 is 0 Å². The fraction of sp³-hybridized carbons (Fsp3) is 0.300. The summed E-state index contributed by atoms with van der Waals surface area (Å²) in [5, 5.41) is 12.6. The largest absolute Gasteiger partial charge is 0.506 e. The molecule has 0 saturated carbocycles. The molecule has 0 saturated heterocycles. The van der Waals surface area contributed by atoms with Gasteiger partial charge < -0.3 is 15.3 Å². The number of para-hydroxylation sites is 2. The SMILES string of the molecule is CC(C)CC(C(=O)Nc1ccccc1O)N1Cc2ccccc2C1=O. The van der Waals surface area contributed by atoms with Crippen molar-refractivity contribution in [2.45, 2.75) is 32.9 Å². The molecule has 2 aromatic carbocycles. The lowest BCUT2D eigenvalue weighted by molar-refractivity contribution is -0.121. The first kappa shape index (κ1) is 17.0. The highest BCUT2D eigenvalue weighted by Crippen LogP contribution is 2.28. The van der Waals surface area contributed by atoms with E-state index in [1.807, 2.05) is 32.0 Å². The van der Waals surface area contributed by atoms with E-state index in [2.05, 4.69) is 5.32 Å². The Morgan fingerprint density at radius 1 is 1.16 bits per heavy atom. The number of carbonyl (C=O) groups is 2. The number of nitrogens with one attached hydrogen (secondary N) is 1. The third kappa shape index (κ3) is 3.50. The standard InChI is InChI=1S/C20H22N2O3/c1-13(2)11-17(19(24)21-16-9-5-6-10-18(16)23)22-12-14-7-3-4-8-15(14)20(22)25/h3-10,13,17,23H,11-12H2,1-2H3,(H,21,24). The summed E-state index contributed by atoms with van der Waals surface area (Å²) in [7, 11) is 0. The van der Waals surface area contributed by atoms with Gasteiger partial charge in [-0.2, -0.15) is 0 Å². The molecular weight excluding hydrogens is 316 g/mol. The molecule has 0 aromatic heterocycles. The van der Waals surface area contributed by atoms with Crippen molar-refractivity contribution in [2.75, 3.05) is 5.32 Å². The van der Waals surface area contributed by atoms with Gasteiger partial charge in [0.1, 0.15) is 11.8 Å². The Hall–Kier alpha value is -2.82. The minimum atomic E-state index is -0.584. The van der Waals surface area contributed by atoms with Crippen molar-refractivity contribution in [3.63, 3.8) is 0 Å². The molecule has 2 amide bonds. The van der Waals surface area contributed by atoms with Crippen LogP contribution in [0.15, 0.2) is 48.5 Å². The second kappa shape index (κ2) is 6.97. The molecule has 0 bridgehead atoms. The van der Waals surface area contributed by atoms with E-state index in [1.54, 1.807) is 29.2 Å². The van der Waals surface area contributed by atoms with Gasteiger partial charge in [0.15, 0.2) is 0 Å². The Balaban J connectivity index is 1.84. The molecule has 5 heteroatoms. The summed E-state index contributed by atoms with van der Waals surface area (Å²) in [6, 6.07) is 13.4. The number of carbonyl (C=O) groups excluding carboxylic acids is 2. The number of phenols is 1. The summed E-state index contributed by atoms with van der Waals surface area (Å²) < 4.78 is 0. The van der Waals surface area contributed by atoms with Crippen molar-refractivity contribution in [3.05, 3.63) is 59.7 Å². The Morgan fingerprint density at radius 3 is 2.52 bits per heavy atom. The average molecular weight is 338 g/mol. The van der Waals surface area contributed by atoms with Crippen molar-refractivity contribution >= 4 is 17.5 Å². The van der Waals surface area contributed by atoms with Crippen LogP contribution in [0.1, 0.15) is 36.2 Å². The molecule has 2 aromatic rings. The first-order valence-corrected chi connectivity index (χ1v) is 8.45. The van der Waals surface area contributed by atoms with E-state index in [1.165, 1.54) is 6.07 Å². The summed E-state index contributed by atoms with van der Waals surface area (Å²) in [6.07, 6.45) is 0.555. The van der Waals surface area contributed by atoms with Crippen molar-refractivity contribution in [1.82, 2.24) is 4.90 Å². The Bertz CT molecular complexity index is 801. The summed E-state index contributed by atoms with van der Waals surface area (Å²) in [5.41, 5.74) is 1.95. The molecule has 0 spiro atoms. The van der Waals surface area contributed by atoms with E-state index in [0.717, 1.165) is 5.56 Å². The predicted molar refractivity (Wildman–Crippen MR) is 96.3 cm³/mol. The third-order valence-corrected chi connectivity index (χ3v) is 4.38. The zero-order chi connectivity index (χ0) is 18.0. The molecule has 5 nitrogen and oxygen atoms in total. The van der Waals surface area contributed by atoms with E-state index in [4.69, 9.17) is 0 Å². The minimum absolute atomic E-state index is 0.00943. The molecule has 1 heterocycles. The predicted octanol–water partition coefficient (Wildman–Crippen LogP) is 3.40. The number of nitrogens with zero attached hydrogens (tertiary/aromatic N) is 1. The van der Waals surface area contributed by atoms with Gasteiger partial charge in [-0.1, -0.05) is 44.2 Å². The molecule has 130 valence electrons. The Morgan fingerprint density at radius 2 is 1.84 bits per heavy atom. The van der Waals surface area contributed by atoms with Crippen LogP contribution in [0.4, 0.5) is 5.69 Å². The minimum Gasteiger partial charge on any atom is -0.506 e. The normalized spacial score (nSPS) is 14.5. The van der Waals surface area contributed by atoms with Crippen LogP contribution in [-0.4, -0.2) is 27.9 Å². The number of aromatic hydroxyl groups is 1. The van der Waals surface area contributed by atoms with Crippen LogP contribution in [0.5, 0.6) is 5.75 Å². The number of benzene rings is 2. The first-order chi connectivity index (χ1) is 12.0. The van der Waals surface area contributed by atoms with Gasteiger partial charge in [0.25, 0.3) is 5.91 Å². The quantitative estimate of drug-likeness (QED) is 0.821. The fourth-order valence-electron chi connectivity index (χ4n) is 3.15. The number of phenolic OH excluding ortho intramolecular Hbond substituents is 1. The van der Waals surface area contributed by atoms with E-state index in [0.29, 0.717) is 24.2 Å². The van der Waals surface area contributed by atoms with Crippen molar-refractivity contribution in [1.29, 1.82) is 0 Å². The lowest BCUT2D eigenvalue weighted by atomic mass is 10.0. The number of fused-ring (bicyclic) bond motifs is 1. The lowest BCUT2D eigenvalue weighted by Crippen LogP contribution is -2.45. The number of hydrogen-bond acceptors (Lipinski definition) is 3. The zero-order valence-corrected chi connectivity index (χ0v) is 14.4. The number of hydrogen-bond donors (Lipinski definition) is 2. The van der Waals surface area contributed by atoms with Crippen LogP contribution in [0.2, 0.25) is 0 Å². The topological polar surface area (TPSA) is 69.6 Å². The second-order valence-corrected chi connectivity index (χ2v) is 6.74. The zero-order valence-electron chi connectivity index (χ0n) is 14.4. The highest BCUT2D eigenvalue weighted by atomic mass is 16.3. The van der Waals surface area contributed by atoms with Gasteiger partial charge in [-0.25, -0.2) is 0 Å². The first-order valence-electron chi connectivity index (χ1n) is 8.45. The second-order valence-electron chi connectivity index (χ2n) is 6.74. The van der Waals surface area contributed by atoms with Gasteiger partial charge in [-0.05, 0) is 36.1 Å². The maximum absolute atomic E-state index is 12.9. The summed E-state index contributed by atoms with van der Waals surface area (Å²) >= 11 is 0. The number of anilines is 1. The molecule has 1 atom stereocenters. The molecule has 1 aliphatic rings. The Kier molecular flexibility index (Phi) is 4.74. The smallest absolute Gasteiger partial charge is 0.255 e. The number of amides is 2. The van der Waals surface area contributed by atoms with E-state index < -0.39 is 6.04 Å². The van der Waals surface area contributed by atoms with Crippen LogP contribution in [0.3, 0.4) is 0 Å². The molecule has 1 aliphatic heterocycles. The van der Waals surface area contributed by atoms with Crippen LogP contribution in [0.25, 0.3) is 0 Å². The lowest BCUT2D eigenvalue weighted by Gasteiger charge is -2.28. The monoisotopic (exact) mass is 338 g/mol.